The lowest BCUT2D eigenvalue weighted by Crippen LogP contribution is -2.47. The summed E-state index contributed by atoms with van der Waals surface area (Å²) < 4.78 is 11.1. The van der Waals surface area contributed by atoms with E-state index in [4.69, 9.17) is 9.47 Å². The van der Waals surface area contributed by atoms with Crippen LogP contribution in [0.5, 0.6) is 5.75 Å². The van der Waals surface area contributed by atoms with Crippen molar-refractivity contribution in [1.29, 1.82) is 0 Å². The van der Waals surface area contributed by atoms with E-state index in [0.29, 0.717) is 19.8 Å². The average Bonchev–Trinajstić information content (AvgIpc) is 2.46. The number of urea groups is 1. The first-order valence-electron chi connectivity index (χ1n) is 7.52. The quantitative estimate of drug-likeness (QED) is 0.789. The highest BCUT2D eigenvalue weighted by Crippen LogP contribution is 2.23. The molecule has 1 aromatic rings. The molecule has 0 aliphatic carbocycles. The smallest absolute Gasteiger partial charge is 0.315 e. The molecule has 2 N–H and O–H groups in total. The minimum absolute atomic E-state index is 0.0202. The molecule has 0 aromatic heterocycles. The zero-order valence-corrected chi connectivity index (χ0v) is 12.7. The molecule has 1 heterocycles. The molecule has 0 fully saturated rings. The first-order chi connectivity index (χ1) is 10.1. The maximum absolute atomic E-state index is 11.8. The van der Waals surface area contributed by atoms with E-state index < -0.39 is 0 Å². The lowest BCUT2D eigenvalue weighted by Gasteiger charge is -2.26. The van der Waals surface area contributed by atoms with Crippen molar-refractivity contribution >= 4 is 6.03 Å². The van der Waals surface area contributed by atoms with Crippen LogP contribution in [-0.4, -0.2) is 37.9 Å². The van der Waals surface area contributed by atoms with Gasteiger partial charge < -0.3 is 20.1 Å². The first-order valence-corrected chi connectivity index (χ1v) is 7.52. The average molecular weight is 292 g/mol. The molecular weight excluding hydrogens is 268 g/mol. The van der Waals surface area contributed by atoms with Gasteiger partial charge in [0.2, 0.25) is 0 Å². The third-order valence-corrected chi connectivity index (χ3v) is 3.27. The number of amides is 2. The van der Waals surface area contributed by atoms with Crippen LogP contribution in [0.1, 0.15) is 25.8 Å². The highest BCUT2D eigenvalue weighted by Gasteiger charge is 2.20. The molecular formula is C16H24N2O3. The van der Waals surface area contributed by atoms with E-state index in [1.165, 1.54) is 0 Å². The summed E-state index contributed by atoms with van der Waals surface area (Å²) in [5.41, 5.74) is 1.14. The summed E-state index contributed by atoms with van der Waals surface area (Å²) in [7, 11) is 0. The number of hydrogen-bond donors (Lipinski definition) is 2. The van der Waals surface area contributed by atoms with Gasteiger partial charge in [-0.25, -0.2) is 4.79 Å². The molecule has 1 aromatic carbocycles. The van der Waals surface area contributed by atoms with Gasteiger partial charge in [-0.3, -0.25) is 0 Å². The van der Waals surface area contributed by atoms with Crippen molar-refractivity contribution in [2.45, 2.75) is 38.8 Å². The second-order valence-corrected chi connectivity index (χ2v) is 5.49. The molecule has 0 bridgehead atoms. The Hall–Kier alpha value is -1.75. The summed E-state index contributed by atoms with van der Waals surface area (Å²) in [4.78, 5) is 11.8. The van der Waals surface area contributed by atoms with Crippen molar-refractivity contribution in [3.63, 3.8) is 0 Å². The van der Waals surface area contributed by atoms with Gasteiger partial charge in [-0.15, -0.1) is 0 Å². The lowest BCUT2D eigenvalue weighted by molar-refractivity contribution is 0.0774. The number of benzene rings is 1. The number of hydrogen-bond acceptors (Lipinski definition) is 3. The highest BCUT2D eigenvalue weighted by atomic mass is 16.5. The number of nitrogens with one attached hydrogen (secondary N) is 2. The van der Waals surface area contributed by atoms with Crippen molar-refractivity contribution < 1.29 is 14.3 Å². The number of carbonyl (C=O) groups excluding carboxylic acids is 1. The molecule has 116 valence electrons. The van der Waals surface area contributed by atoms with Crippen LogP contribution in [0.4, 0.5) is 4.79 Å². The summed E-state index contributed by atoms with van der Waals surface area (Å²) in [6.45, 7) is 5.80. The predicted molar refractivity (Wildman–Crippen MR) is 81.7 cm³/mol. The standard InChI is InChI=1S/C16H24N2O3/c1-12(2)20-9-5-8-17-16(19)18-14-10-13-6-3-4-7-15(13)21-11-14/h3-4,6-7,12,14H,5,8-11H2,1-2H3,(H2,17,18,19)/t14-/m1/s1. The van der Waals surface area contributed by atoms with Gasteiger partial charge in [0, 0.05) is 13.2 Å². The van der Waals surface area contributed by atoms with E-state index >= 15 is 0 Å². The third-order valence-electron chi connectivity index (χ3n) is 3.27. The Morgan fingerprint density at radius 3 is 3.05 bits per heavy atom. The normalized spacial score (nSPS) is 17.0. The second-order valence-electron chi connectivity index (χ2n) is 5.49. The van der Waals surface area contributed by atoms with E-state index in [1.807, 2.05) is 38.1 Å². The number of para-hydroxylation sites is 1. The maximum atomic E-state index is 11.8. The molecule has 1 aliphatic heterocycles. The fraction of sp³-hybridized carbons (Fsp3) is 0.562. The van der Waals surface area contributed by atoms with Gasteiger partial charge >= 0.3 is 6.03 Å². The van der Waals surface area contributed by atoms with Crippen LogP contribution in [-0.2, 0) is 11.2 Å². The van der Waals surface area contributed by atoms with Crippen LogP contribution in [0, 0.1) is 0 Å². The van der Waals surface area contributed by atoms with Crippen molar-refractivity contribution in [3.05, 3.63) is 29.8 Å². The molecule has 1 atom stereocenters. The molecule has 5 nitrogen and oxygen atoms in total. The van der Waals surface area contributed by atoms with Crippen molar-refractivity contribution in [2.24, 2.45) is 0 Å². The van der Waals surface area contributed by atoms with Gasteiger partial charge in [0.15, 0.2) is 0 Å². The summed E-state index contributed by atoms with van der Waals surface area (Å²) in [5.74, 6) is 0.918. The minimum atomic E-state index is -0.146. The molecule has 0 saturated carbocycles. The molecule has 0 unspecified atom stereocenters. The maximum Gasteiger partial charge on any atom is 0.315 e. The van der Waals surface area contributed by atoms with Crippen LogP contribution in [0.15, 0.2) is 24.3 Å². The molecule has 1 aliphatic rings. The molecule has 5 heteroatoms. The van der Waals surface area contributed by atoms with Crippen molar-refractivity contribution in [1.82, 2.24) is 10.6 Å². The molecule has 0 spiro atoms. The van der Waals surface area contributed by atoms with Gasteiger partial charge in [0.25, 0.3) is 0 Å². The topological polar surface area (TPSA) is 59.6 Å². The number of rotatable bonds is 6. The van der Waals surface area contributed by atoms with Crippen LogP contribution in [0.3, 0.4) is 0 Å². The van der Waals surface area contributed by atoms with Crippen molar-refractivity contribution in [3.8, 4) is 5.75 Å². The van der Waals surface area contributed by atoms with E-state index in [2.05, 4.69) is 10.6 Å². The number of ether oxygens (including phenoxy) is 2. The SMILES string of the molecule is CC(C)OCCCNC(=O)N[C@H]1COc2ccccc2C1. The third kappa shape index (κ3) is 5.27. The first kappa shape index (κ1) is 15.6. The Balaban J connectivity index is 1.65. The molecule has 2 amide bonds. The van der Waals surface area contributed by atoms with Crippen LogP contribution in [0.2, 0.25) is 0 Å². The van der Waals surface area contributed by atoms with E-state index in [9.17, 15) is 4.79 Å². The van der Waals surface area contributed by atoms with Gasteiger partial charge in [-0.05, 0) is 38.3 Å². The largest absolute Gasteiger partial charge is 0.491 e. The van der Waals surface area contributed by atoms with Crippen molar-refractivity contribution in [2.75, 3.05) is 19.8 Å². The number of fused-ring (bicyclic) bond motifs is 1. The van der Waals surface area contributed by atoms with Gasteiger partial charge in [0.1, 0.15) is 12.4 Å². The van der Waals surface area contributed by atoms with Gasteiger partial charge in [-0.1, -0.05) is 18.2 Å². The van der Waals surface area contributed by atoms with E-state index in [-0.39, 0.29) is 18.2 Å². The molecule has 0 radical (unpaired) electrons. The van der Waals surface area contributed by atoms with E-state index in [0.717, 1.165) is 24.2 Å². The Labute approximate surface area is 126 Å². The second kappa shape index (κ2) is 7.88. The highest BCUT2D eigenvalue weighted by molar-refractivity contribution is 5.74. The van der Waals surface area contributed by atoms with Crippen LogP contribution in [0.25, 0.3) is 0 Å². The Morgan fingerprint density at radius 2 is 2.24 bits per heavy atom. The molecule has 0 saturated heterocycles. The summed E-state index contributed by atoms with van der Waals surface area (Å²) in [5, 5.41) is 5.79. The zero-order chi connectivity index (χ0) is 15.1. The summed E-state index contributed by atoms with van der Waals surface area (Å²) in [6.07, 6.45) is 1.86. The minimum Gasteiger partial charge on any atom is -0.491 e. The predicted octanol–water partition coefficient (Wildman–Crippen LogP) is 2.10. The zero-order valence-electron chi connectivity index (χ0n) is 12.7. The lowest BCUT2D eigenvalue weighted by atomic mass is 10.0. The Morgan fingerprint density at radius 1 is 1.43 bits per heavy atom. The van der Waals surface area contributed by atoms with Crippen LogP contribution >= 0.6 is 0 Å². The molecule has 2 rings (SSSR count). The summed E-state index contributed by atoms with van der Waals surface area (Å²) in [6, 6.07) is 7.81. The van der Waals surface area contributed by atoms with E-state index in [1.54, 1.807) is 0 Å². The van der Waals surface area contributed by atoms with Gasteiger partial charge in [0.05, 0.1) is 12.1 Å². The monoisotopic (exact) mass is 292 g/mol. The fourth-order valence-electron chi connectivity index (χ4n) is 2.25. The Kier molecular flexibility index (Phi) is 5.87. The van der Waals surface area contributed by atoms with Crippen LogP contribution < -0.4 is 15.4 Å². The van der Waals surface area contributed by atoms with Gasteiger partial charge in [-0.2, -0.15) is 0 Å². The number of carbonyl (C=O) groups is 1. The fourth-order valence-corrected chi connectivity index (χ4v) is 2.25. The summed E-state index contributed by atoms with van der Waals surface area (Å²) >= 11 is 0. The Bertz CT molecular complexity index is 463. The molecule has 21 heavy (non-hydrogen) atoms.